The molecule has 1 unspecified atom stereocenters. The second kappa shape index (κ2) is 4.90. The van der Waals surface area contributed by atoms with Crippen molar-refractivity contribution in [3.05, 3.63) is 47.2 Å². The Kier molecular flexibility index (Phi) is 3.11. The highest BCUT2D eigenvalue weighted by Crippen LogP contribution is 2.38. The van der Waals surface area contributed by atoms with Crippen LogP contribution in [0.2, 0.25) is 0 Å². The molecule has 1 aromatic carbocycles. The first-order valence-electron chi connectivity index (χ1n) is 6.49. The molecule has 1 aliphatic rings. The molecule has 18 heavy (non-hydrogen) atoms. The molecule has 0 amide bonds. The molecule has 3 rings (SSSR count). The molecular formula is C14H17N3O. The Bertz CT molecular complexity index is 535. The van der Waals surface area contributed by atoms with Crippen LogP contribution in [0.25, 0.3) is 0 Å². The standard InChI is InChI=1S/C14H17N3O/c1-2-7-15-9-13-16-17-14(18-13)12-8-10-5-3-4-6-11(10)12/h3-6,12,15H,2,7-9H2,1H3. The Morgan fingerprint density at radius 2 is 2.22 bits per heavy atom. The monoisotopic (exact) mass is 243 g/mol. The van der Waals surface area contributed by atoms with Gasteiger partial charge >= 0.3 is 0 Å². The van der Waals surface area contributed by atoms with Gasteiger partial charge in [0.15, 0.2) is 0 Å². The van der Waals surface area contributed by atoms with Crippen LogP contribution in [0.3, 0.4) is 0 Å². The zero-order valence-electron chi connectivity index (χ0n) is 10.5. The van der Waals surface area contributed by atoms with Gasteiger partial charge in [0.2, 0.25) is 11.8 Å². The first kappa shape index (κ1) is 11.4. The van der Waals surface area contributed by atoms with Crippen LogP contribution < -0.4 is 5.32 Å². The van der Waals surface area contributed by atoms with E-state index in [2.05, 4.69) is 46.7 Å². The van der Waals surface area contributed by atoms with Crippen molar-refractivity contribution in [3.8, 4) is 0 Å². The van der Waals surface area contributed by atoms with Gasteiger partial charge in [0.1, 0.15) is 0 Å². The van der Waals surface area contributed by atoms with Crippen molar-refractivity contribution in [2.75, 3.05) is 6.54 Å². The predicted molar refractivity (Wildman–Crippen MR) is 68.3 cm³/mol. The van der Waals surface area contributed by atoms with E-state index in [1.807, 2.05) is 0 Å². The smallest absolute Gasteiger partial charge is 0.230 e. The maximum absolute atomic E-state index is 5.71. The van der Waals surface area contributed by atoms with Crippen LogP contribution in [0, 0.1) is 0 Å². The number of hydrogen-bond acceptors (Lipinski definition) is 4. The van der Waals surface area contributed by atoms with Crippen molar-refractivity contribution >= 4 is 0 Å². The molecule has 0 aliphatic heterocycles. The highest BCUT2D eigenvalue weighted by Gasteiger charge is 2.31. The number of nitrogens with one attached hydrogen (secondary N) is 1. The summed E-state index contributed by atoms with van der Waals surface area (Å²) < 4.78 is 5.71. The molecular weight excluding hydrogens is 226 g/mol. The summed E-state index contributed by atoms with van der Waals surface area (Å²) in [5.41, 5.74) is 2.72. The summed E-state index contributed by atoms with van der Waals surface area (Å²) in [6.07, 6.45) is 2.12. The fourth-order valence-corrected chi connectivity index (χ4v) is 2.33. The van der Waals surface area contributed by atoms with Crippen molar-refractivity contribution in [2.24, 2.45) is 0 Å². The molecule has 0 saturated heterocycles. The summed E-state index contributed by atoms with van der Waals surface area (Å²) in [6.45, 7) is 3.77. The lowest BCUT2D eigenvalue weighted by atomic mass is 9.77. The lowest BCUT2D eigenvalue weighted by molar-refractivity contribution is 0.406. The fourth-order valence-electron chi connectivity index (χ4n) is 2.33. The number of nitrogens with zero attached hydrogens (tertiary/aromatic N) is 2. The molecule has 4 nitrogen and oxygen atoms in total. The van der Waals surface area contributed by atoms with Gasteiger partial charge in [0.25, 0.3) is 0 Å². The third-order valence-electron chi connectivity index (χ3n) is 3.34. The summed E-state index contributed by atoms with van der Waals surface area (Å²) in [6, 6.07) is 8.43. The second-order valence-electron chi connectivity index (χ2n) is 4.67. The Morgan fingerprint density at radius 1 is 1.33 bits per heavy atom. The van der Waals surface area contributed by atoms with E-state index in [9.17, 15) is 0 Å². The van der Waals surface area contributed by atoms with Crippen LogP contribution in [0.15, 0.2) is 28.7 Å². The molecule has 1 aromatic heterocycles. The van der Waals surface area contributed by atoms with Gasteiger partial charge in [0, 0.05) is 0 Å². The lowest BCUT2D eigenvalue weighted by Gasteiger charge is -2.26. The normalized spacial score (nSPS) is 17.3. The topological polar surface area (TPSA) is 51.0 Å². The Labute approximate surface area is 106 Å². The maximum Gasteiger partial charge on any atom is 0.230 e. The minimum Gasteiger partial charge on any atom is -0.423 e. The van der Waals surface area contributed by atoms with Crippen molar-refractivity contribution in [2.45, 2.75) is 32.2 Å². The van der Waals surface area contributed by atoms with E-state index in [1.165, 1.54) is 11.1 Å². The van der Waals surface area contributed by atoms with E-state index in [4.69, 9.17) is 4.42 Å². The predicted octanol–water partition coefficient (Wildman–Crippen LogP) is 2.26. The van der Waals surface area contributed by atoms with Gasteiger partial charge in [-0.2, -0.15) is 0 Å². The van der Waals surface area contributed by atoms with Crippen molar-refractivity contribution in [1.29, 1.82) is 0 Å². The zero-order chi connectivity index (χ0) is 12.4. The molecule has 1 heterocycles. The van der Waals surface area contributed by atoms with Gasteiger partial charge in [0.05, 0.1) is 12.5 Å². The summed E-state index contributed by atoms with van der Waals surface area (Å²) in [7, 11) is 0. The molecule has 2 aromatic rings. The average Bonchev–Trinajstić information content (AvgIpc) is 2.80. The second-order valence-corrected chi connectivity index (χ2v) is 4.67. The third-order valence-corrected chi connectivity index (χ3v) is 3.34. The van der Waals surface area contributed by atoms with Crippen LogP contribution >= 0.6 is 0 Å². The van der Waals surface area contributed by atoms with Gasteiger partial charge in [-0.3, -0.25) is 0 Å². The summed E-state index contributed by atoms with van der Waals surface area (Å²) in [5.74, 6) is 1.73. The van der Waals surface area contributed by atoms with Crippen LogP contribution in [-0.2, 0) is 13.0 Å². The van der Waals surface area contributed by atoms with Crippen LogP contribution in [0.5, 0.6) is 0 Å². The number of benzene rings is 1. The Morgan fingerprint density at radius 3 is 3.06 bits per heavy atom. The molecule has 1 atom stereocenters. The highest BCUT2D eigenvalue weighted by molar-refractivity contribution is 5.43. The molecule has 0 saturated carbocycles. The Balaban J connectivity index is 1.68. The molecule has 1 aliphatic carbocycles. The molecule has 1 N–H and O–H groups in total. The molecule has 0 spiro atoms. The minimum absolute atomic E-state index is 0.300. The Hall–Kier alpha value is -1.68. The molecule has 0 fully saturated rings. The number of rotatable bonds is 5. The van der Waals surface area contributed by atoms with Crippen LogP contribution in [-0.4, -0.2) is 16.7 Å². The van der Waals surface area contributed by atoms with Crippen LogP contribution in [0.1, 0.15) is 42.2 Å². The number of aromatic nitrogens is 2. The molecule has 0 bridgehead atoms. The lowest BCUT2D eigenvalue weighted by Crippen LogP contribution is -2.18. The van der Waals surface area contributed by atoms with E-state index < -0.39 is 0 Å². The van der Waals surface area contributed by atoms with Crippen molar-refractivity contribution < 1.29 is 4.42 Å². The van der Waals surface area contributed by atoms with Crippen molar-refractivity contribution in [1.82, 2.24) is 15.5 Å². The first-order chi connectivity index (χ1) is 8.88. The van der Waals surface area contributed by atoms with Crippen LogP contribution in [0.4, 0.5) is 0 Å². The van der Waals surface area contributed by atoms with Gasteiger partial charge in [-0.1, -0.05) is 31.2 Å². The highest BCUT2D eigenvalue weighted by atomic mass is 16.4. The quantitative estimate of drug-likeness (QED) is 0.818. The van der Waals surface area contributed by atoms with E-state index in [0.717, 1.165) is 25.3 Å². The number of fused-ring (bicyclic) bond motifs is 1. The maximum atomic E-state index is 5.71. The zero-order valence-corrected chi connectivity index (χ0v) is 10.5. The summed E-state index contributed by atoms with van der Waals surface area (Å²) >= 11 is 0. The summed E-state index contributed by atoms with van der Waals surface area (Å²) in [5, 5.41) is 11.5. The van der Waals surface area contributed by atoms with E-state index >= 15 is 0 Å². The molecule has 0 radical (unpaired) electrons. The molecule has 4 heteroatoms. The number of hydrogen-bond donors (Lipinski definition) is 1. The molecule has 94 valence electrons. The minimum atomic E-state index is 0.300. The SMILES string of the molecule is CCCNCc1nnc(C2Cc3ccccc32)o1. The fraction of sp³-hybridized carbons (Fsp3) is 0.429. The largest absolute Gasteiger partial charge is 0.423 e. The average molecular weight is 243 g/mol. The van der Waals surface area contributed by atoms with E-state index in [0.29, 0.717) is 18.4 Å². The van der Waals surface area contributed by atoms with E-state index in [-0.39, 0.29) is 0 Å². The van der Waals surface area contributed by atoms with Gasteiger partial charge < -0.3 is 9.73 Å². The summed E-state index contributed by atoms with van der Waals surface area (Å²) in [4.78, 5) is 0. The van der Waals surface area contributed by atoms with Gasteiger partial charge in [-0.25, -0.2) is 0 Å². The van der Waals surface area contributed by atoms with Gasteiger partial charge in [-0.05, 0) is 30.5 Å². The first-order valence-corrected chi connectivity index (χ1v) is 6.49. The van der Waals surface area contributed by atoms with E-state index in [1.54, 1.807) is 0 Å². The van der Waals surface area contributed by atoms with Gasteiger partial charge in [-0.15, -0.1) is 10.2 Å². The van der Waals surface area contributed by atoms with Crippen molar-refractivity contribution in [3.63, 3.8) is 0 Å². The third kappa shape index (κ3) is 2.04.